The van der Waals surface area contributed by atoms with Gasteiger partial charge in [0.15, 0.2) is 11.4 Å². The molecule has 0 fully saturated rings. The summed E-state index contributed by atoms with van der Waals surface area (Å²) in [7, 11) is 0. The zero-order valence-electron chi connectivity index (χ0n) is 16.1. The fraction of sp³-hybridized carbons (Fsp3) is 0.217. The zero-order valence-corrected chi connectivity index (χ0v) is 16.1. The first-order valence-corrected chi connectivity index (χ1v) is 9.48. The van der Waals surface area contributed by atoms with Crippen molar-refractivity contribution in [2.24, 2.45) is 0 Å². The van der Waals surface area contributed by atoms with Gasteiger partial charge in [0.05, 0.1) is 0 Å². The van der Waals surface area contributed by atoms with E-state index in [0.29, 0.717) is 19.6 Å². The van der Waals surface area contributed by atoms with Crippen LogP contribution in [-0.4, -0.2) is 21.9 Å². The van der Waals surface area contributed by atoms with Crippen molar-refractivity contribution in [1.82, 2.24) is 9.47 Å². The molecule has 0 unspecified atom stereocenters. The number of hydrogen-bond donors (Lipinski definition) is 0. The van der Waals surface area contributed by atoms with Gasteiger partial charge >= 0.3 is 0 Å². The van der Waals surface area contributed by atoms with Gasteiger partial charge in [0.1, 0.15) is 12.4 Å². The van der Waals surface area contributed by atoms with Crippen LogP contribution in [0.3, 0.4) is 0 Å². The van der Waals surface area contributed by atoms with Gasteiger partial charge in [-0.1, -0.05) is 42.5 Å². The molecule has 0 spiro atoms. The maximum absolute atomic E-state index is 13.2. The summed E-state index contributed by atoms with van der Waals surface area (Å²) in [4.78, 5) is 27.5. The molecular formula is C23H21FN2O3. The zero-order chi connectivity index (χ0) is 20.4. The number of fused-ring (bicyclic) bond motifs is 1. The number of hydrogen-bond acceptors (Lipinski definition) is 3. The molecule has 0 bridgehead atoms. The van der Waals surface area contributed by atoms with E-state index in [4.69, 9.17) is 4.74 Å². The van der Waals surface area contributed by atoms with Gasteiger partial charge in [0.2, 0.25) is 5.43 Å². The highest BCUT2D eigenvalue weighted by molar-refractivity contribution is 5.96. The van der Waals surface area contributed by atoms with Crippen LogP contribution in [0.25, 0.3) is 0 Å². The standard InChI is InChI=1S/C23H21FN2O3/c1-16-13-20(27)22(29-15-18-5-3-2-4-6-18)21-23(28)25(11-12-26(16)21)14-17-7-9-19(24)10-8-17/h2-10,13H,11-12,14-15H2,1H3. The first-order valence-electron chi connectivity index (χ1n) is 9.48. The average Bonchev–Trinajstić information content (AvgIpc) is 2.72. The van der Waals surface area contributed by atoms with Gasteiger partial charge < -0.3 is 14.2 Å². The highest BCUT2D eigenvalue weighted by Gasteiger charge is 2.30. The van der Waals surface area contributed by atoms with Gasteiger partial charge in [-0.2, -0.15) is 0 Å². The quantitative estimate of drug-likeness (QED) is 0.668. The Morgan fingerprint density at radius 1 is 0.966 bits per heavy atom. The van der Waals surface area contributed by atoms with Crippen LogP contribution in [0.1, 0.15) is 27.3 Å². The second-order valence-electron chi connectivity index (χ2n) is 7.11. The number of aryl methyl sites for hydroxylation is 1. The molecule has 0 atom stereocenters. The van der Waals surface area contributed by atoms with Crippen LogP contribution in [0, 0.1) is 12.7 Å². The number of ether oxygens (including phenoxy) is 1. The predicted molar refractivity (Wildman–Crippen MR) is 107 cm³/mol. The Balaban J connectivity index is 1.64. The number of amides is 1. The Morgan fingerprint density at radius 3 is 2.41 bits per heavy atom. The van der Waals surface area contributed by atoms with Crippen LogP contribution in [-0.2, 0) is 19.7 Å². The van der Waals surface area contributed by atoms with Gasteiger partial charge in [0.25, 0.3) is 5.91 Å². The number of carbonyl (C=O) groups is 1. The van der Waals surface area contributed by atoms with E-state index in [-0.39, 0.29) is 35.2 Å². The van der Waals surface area contributed by atoms with Crippen molar-refractivity contribution < 1.29 is 13.9 Å². The molecule has 0 saturated carbocycles. The van der Waals surface area contributed by atoms with Crippen molar-refractivity contribution in [3.63, 3.8) is 0 Å². The van der Waals surface area contributed by atoms with Crippen LogP contribution in [0.4, 0.5) is 4.39 Å². The van der Waals surface area contributed by atoms with Crippen LogP contribution < -0.4 is 10.2 Å². The largest absolute Gasteiger partial charge is 0.483 e. The molecule has 3 aromatic rings. The number of aromatic nitrogens is 1. The van der Waals surface area contributed by atoms with E-state index in [0.717, 1.165) is 16.8 Å². The molecule has 0 saturated heterocycles. The molecule has 1 aromatic heterocycles. The fourth-order valence-corrected chi connectivity index (χ4v) is 3.55. The summed E-state index contributed by atoms with van der Waals surface area (Å²) in [6.45, 7) is 3.44. The predicted octanol–water partition coefficient (Wildman–Crippen LogP) is 3.53. The van der Waals surface area contributed by atoms with Gasteiger partial charge in [0, 0.05) is 31.4 Å². The van der Waals surface area contributed by atoms with Gasteiger partial charge in [-0.15, -0.1) is 0 Å². The number of halogens is 1. The van der Waals surface area contributed by atoms with Gasteiger partial charge in [-0.25, -0.2) is 4.39 Å². The summed E-state index contributed by atoms with van der Waals surface area (Å²) in [6, 6.07) is 17.1. The van der Waals surface area contributed by atoms with E-state index >= 15 is 0 Å². The Morgan fingerprint density at radius 2 is 1.69 bits per heavy atom. The first kappa shape index (κ1) is 18.9. The lowest BCUT2D eigenvalue weighted by Gasteiger charge is -2.32. The summed E-state index contributed by atoms with van der Waals surface area (Å²) >= 11 is 0. The van der Waals surface area contributed by atoms with Gasteiger partial charge in [-0.05, 0) is 30.2 Å². The van der Waals surface area contributed by atoms with E-state index < -0.39 is 0 Å². The van der Waals surface area contributed by atoms with Crippen molar-refractivity contribution in [2.75, 3.05) is 6.54 Å². The molecule has 1 amide bonds. The highest BCUT2D eigenvalue weighted by Crippen LogP contribution is 2.24. The van der Waals surface area contributed by atoms with Crippen molar-refractivity contribution in [3.05, 3.63) is 99.2 Å². The normalized spacial score (nSPS) is 13.3. The number of carbonyl (C=O) groups excluding carboxylic acids is 1. The minimum absolute atomic E-state index is 0.0771. The second kappa shape index (κ2) is 7.91. The second-order valence-corrected chi connectivity index (χ2v) is 7.11. The molecule has 2 heterocycles. The highest BCUT2D eigenvalue weighted by atomic mass is 19.1. The minimum atomic E-state index is -0.317. The first-order chi connectivity index (χ1) is 14.0. The van der Waals surface area contributed by atoms with Crippen LogP contribution in [0.5, 0.6) is 5.75 Å². The lowest BCUT2D eigenvalue weighted by atomic mass is 10.1. The summed E-state index contributed by atoms with van der Waals surface area (Å²) < 4.78 is 20.8. The SMILES string of the molecule is Cc1cc(=O)c(OCc2ccccc2)c2n1CCN(Cc1ccc(F)cc1)C2=O. The molecule has 0 aliphatic carbocycles. The molecular weight excluding hydrogens is 371 g/mol. The van der Waals surface area contributed by atoms with E-state index in [1.807, 2.05) is 41.8 Å². The monoisotopic (exact) mass is 392 g/mol. The third kappa shape index (κ3) is 3.92. The molecule has 4 rings (SSSR count). The summed E-state index contributed by atoms with van der Waals surface area (Å²) in [6.07, 6.45) is 0. The van der Waals surface area contributed by atoms with Crippen molar-refractivity contribution in [3.8, 4) is 5.75 Å². The van der Waals surface area contributed by atoms with E-state index in [2.05, 4.69) is 0 Å². The Bertz CT molecular complexity index is 1090. The van der Waals surface area contributed by atoms with E-state index in [1.54, 1.807) is 17.0 Å². The third-order valence-electron chi connectivity index (χ3n) is 5.07. The Labute approximate surface area is 168 Å². The van der Waals surface area contributed by atoms with E-state index in [9.17, 15) is 14.0 Å². The molecule has 148 valence electrons. The molecule has 5 nitrogen and oxygen atoms in total. The number of pyridine rings is 1. The van der Waals surface area contributed by atoms with Crippen LogP contribution in [0.2, 0.25) is 0 Å². The molecule has 2 aromatic carbocycles. The topological polar surface area (TPSA) is 51.5 Å². The van der Waals surface area contributed by atoms with Crippen molar-refractivity contribution in [2.45, 2.75) is 26.6 Å². The fourth-order valence-electron chi connectivity index (χ4n) is 3.55. The van der Waals surface area contributed by atoms with E-state index in [1.165, 1.54) is 18.2 Å². The summed E-state index contributed by atoms with van der Waals surface area (Å²) in [5, 5.41) is 0. The lowest BCUT2D eigenvalue weighted by molar-refractivity contribution is 0.0678. The summed E-state index contributed by atoms with van der Waals surface area (Å²) in [5.74, 6) is -0.500. The Hall–Kier alpha value is -3.41. The maximum atomic E-state index is 13.2. The smallest absolute Gasteiger partial charge is 0.274 e. The number of rotatable bonds is 5. The minimum Gasteiger partial charge on any atom is -0.483 e. The maximum Gasteiger partial charge on any atom is 0.274 e. The molecule has 6 heteroatoms. The number of benzene rings is 2. The lowest BCUT2D eigenvalue weighted by Crippen LogP contribution is -2.42. The van der Waals surface area contributed by atoms with Crippen LogP contribution >= 0.6 is 0 Å². The summed E-state index contributed by atoms with van der Waals surface area (Å²) in [5.41, 5.74) is 2.44. The Kier molecular flexibility index (Phi) is 5.16. The van der Waals surface area contributed by atoms with Crippen LogP contribution in [0.15, 0.2) is 65.5 Å². The molecule has 29 heavy (non-hydrogen) atoms. The average molecular weight is 392 g/mol. The van der Waals surface area contributed by atoms with Gasteiger partial charge in [-0.3, -0.25) is 9.59 Å². The van der Waals surface area contributed by atoms with Crippen molar-refractivity contribution >= 4 is 5.91 Å². The molecule has 1 aliphatic rings. The molecule has 0 radical (unpaired) electrons. The van der Waals surface area contributed by atoms with Crippen molar-refractivity contribution in [1.29, 1.82) is 0 Å². The molecule has 1 aliphatic heterocycles. The molecule has 0 N–H and O–H groups in total. The number of nitrogens with zero attached hydrogens (tertiary/aromatic N) is 2. The third-order valence-corrected chi connectivity index (χ3v) is 5.07.